The molecule has 4 nitrogen and oxygen atoms in total. The van der Waals surface area contributed by atoms with Crippen LogP contribution in [0.3, 0.4) is 0 Å². The van der Waals surface area contributed by atoms with E-state index >= 15 is 0 Å². The minimum atomic E-state index is 0.138. The Morgan fingerprint density at radius 2 is 2.06 bits per heavy atom. The van der Waals surface area contributed by atoms with Crippen molar-refractivity contribution in [3.05, 3.63) is 0 Å². The average Bonchev–Trinajstić information content (AvgIpc) is 3.15. The number of nitrogens with one attached hydrogen (secondary N) is 2. The molecule has 0 saturated heterocycles. The number of nitrogens with zero attached hydrogens (tertiary/aromatic N) is 1. The zero-order valence-corrected chi connectivity index (χ0v) is 10.2. The summed E-state index contributed by atoms with van der Waals surface area (Å²) in [6.45, 7) is 5.56. The Kier molecular flexibility index (Phi) is 4.18. The van der Waals surface area contributed by atoms with Crippen LogP contribution in [0.25, 0.3) is 0 Å². The van der Waals surface area contributed by atoms with Gasteiger partial charge in [0.05, 0.1) is 6.54 Å². The lowest BCUT2D eigenvalue weighted by Gasteiger charge is -2.19. The summed E-state index contributed by atoms with van der Waals surface area (Å²) in [7, 11) is 0. The van der Waals surface area contributed by atoms with Gasteiger partial charge in [-0.1, -0.05) is 6.92 Å². The van der Waals surface area contributed by atoms with Gasteiger partial charge in [0.25, 0.3) is 0 Å². The molecule has 0 radical (unpaired) electrons. The number of likely N-dealkylation sites (N-methyl/N-ethyl adjacent to an activating group) is 1. The van der Waals surface area contributed by atoms with Crippen molar-refractivity contribution >= 4 is 5.91 Å². The molecule has 0 aliphatic heterocycles. The Hall–Kier alpha value is -0.610. The molecule has 0 aromatic carbocycles. The van der Waals surface area contributed by atoms with Gasteiger partial charge in [-0.05, 0) is 32.2 Å². The molecule has 0 spiro atoms. The van der Waals surface area contributed by atoms with Crippen LogP contribution in [0.1, 0.15) is 32.6 Å². The molecule has 2 N–H and O–H groups in total. The molecule has 16 heavy (non-hydrogen) atoms. The van der Waals surface area contributed by atoms with E-state index in [1.807, 2.05) is 0 Å². The minimum absolute atomic E-state index is 0.138. The number of amides is 1. The summed E-state index contributed by atoms with van der Waals surface area (Å²) in [5.41, 5.74) is 0. The van der Waals surface area contributed by atoms with Crippen LogP contribution in [0.4, 0.5) is 0 Å². The number of carbonyl (C=O) groups is 1. The van der Waals surface area contributed by atoms with Crippen LogP contribution in [0.15, 0.2) is 0 Å². The van der Waals surface area contributed by atoms with Gasteiger partial charge in [-0.3, -0.25) is 9.69 Å². The topological polar surface area (TPSA) is 44.4 Å². The van der Waals surface area contributed by atoms with Gasteiger partial charge in [0.2, 0.25) is 5.91 Å². The van der Waals surface area contributed by atoms with Crippen molar-refractivity contribution < 1.29 is 4.79 Å². The van der Waals surface area contributed by atoms with Gasteiger partial charge in [0.15, 0.2) is 0 Å². The quantitative estimate of drug-likeness (QED) is 0.626. The van der Waals surface area contributed by atoms with Crippen molar-refractivity contribution in [2.75, 3.05) is 26.2 Å². The average molecular weight is 225 g/mol. The van der Waals surface area contributed by atoms with E-state index in [-0.39, 0.29) is 5.91 Å². The van der Waals surface area contributed by atoms with Crippen molar-refractivity contribution in [2.24, 2.45) is 0 Å². The second-order valence-electron chi connectivity index (χ2n) is 4.86. The van der Waals surface area contributed by atoms with Gasteiger partial charge in [-0.25, -0.2) is 0 Å². The van der Waals surface area contributed by atoms with E-state index in [2.05, 4.69) is 22.5 Å². The molecular weight excluding hydrogens is 202 g/mol. The Bertz CT molecular complexity index is 236. The molecule has 2 fully saturated rings. The molecule has 2 aliphatic rings. The number of rotatable bonds is 8. The lowest BCUT2D eigenvalue weighted by molar-refractivity contribution is -0.120. The summed E-state index contributed by atoms with van der Waals surface area (Å²) < 4.78 is 0. The predicted molar refractivity (Wildman–Crippen MR) is 64.3 cm³/mol. The summed E-state index contributed by atoms with van der Waals surface area (Å²) in [5, 5.41) is 6.19. The Morgan fingerprint density at radius 3 is 2.62 bits per heavy atom. The fraction of sp³-hybridized carbons (Fsp3) is 0.917. The van der Waals surface area contributed by atoms with Gasteiger partial charge in [0.1, 0.15) is 0 Å². The van der Waals surface area contributed by atoms with Crippen molar-refractivity contribution in [2.45, 2.75) is 44.7 Å². The van der Waals surface area contributed by atoms with Gasteiger partial charge in [-0.15, -0.1) is 0 Å². The lowest BCUT2D eigenvalue weighted by atomic mass is 10.4. The highest BCUT2D eigenvalue weighted by Gasteiger charge is 2.27. The zero-order valence-electron chi connectivity index (χ0n) is 10.2. The summed E-state index contributed by atoms with van der Waals surface area (Å²) in [4.78, 5) is 13.9. The first-order valence-electron chi connectivity index (χ1n) is 6.53. The van der Waals surface area contributed by atoms with E-state index in [4.69, 9.17) is 0 Å². The van der Waals surface area contributed by atoms with Crippen molar-refractivity contribution in [3.63, 3.8) is 0 Å². The molecular formula is C12H23N3O. The van der Waals surface area contributed by atoms with E-state index in [9.17, 15) is 4.79 Å². The fourth-order valence-corrected chi connectivity index (χ4v) is 1.96. The smallest absolute Gasteiger partial charge is 0.234 e. The normalized spacial score (nSPS) is 20.1. The van der Waals surface area contributed by atoms with E-state index < -0.39 is 0 Å². The second kappa shape index (κ2) is 5.64. The SMILES string of the molecule is CCN(CCNC(=O)CNC1CC1)C1CC1. The third-order valence-electron chi connectivity index (χ3n) is 3.32. The van der Waals surface area contributed by atoms with Gasteiger partial charge < -0.3 is 10.6 Å². The maximum atomic E-state index is 11.4. The fourth-order valence-electron chi connectivity index (χ4n) is 1.96. The third kappa shape index (κ3) is 4.10. The van der Waals surface area contributed by atoms with Crippen LogP contribution in [0, 0.1) is 0 Å². The van der Waals surface area contributed by atoms with E-state index in [0.29, 0.717) is 12.6 Å². The molecule has 2 rings (SSSR count). The first-order valence-corrected chi connectivity index (χ1v) is 6.53. The largest absolute Gasteiger partial charge is 0.354 e. The monoisotopic (exact) mass is 225 g/mol. The molecule has 4 heteroatoms. The first kappa shape index (κ1) is 11.9. The van der Waals surface area contributed by atoms with E-state index in [0.717, 1.165) is 25.7 Å². The van der Waals surface area contributed by atoms with E-state index in [1.54, 1.807) is 0 Å². The standard InChI is InChI=1S/C12H23N3O/c1-2-15(11-5-6-11)8-7-13-12(16)9-14-10-3-4-10/h10-11,14H,2-9H2,1H3,(H,13,16). The Morgan fingerprint density at radius 1 is 1.31 bits per heavy atom. The summed E-state index contributed by atoms with van der Waals surface area (Å²) in [6, 6.07) is 1.41. The summed E-state index contributed by atoms with van der Waals surface area (Å²) in [5.74, 6) is 0.138. The van der Waals surface area contributed by atoms with Crippen LogP contribution in [0.2, 0.25) is 0 Å². The van der Waals surface area contributed by atoms with E-state index in [1.165, 1.54) is 25.7 Å². The second-order valence-corrected chi connectivity index (χ2v) is 4.86. The molecule has 0 aromatic rings. The van der Waals surface area contributed by atoms with Gasteiger partial charge >= 0.3 is 0 Å². The highest BCUT2D eigenvalue weighted by molar-refractivity contribution is 5.78. The number of hydrogen-bond acceptors (Lipinski definition) is 3. The first-order chi connectivity index (χ1) is 7.79. The molecule has 0 aromatic heterocycles. The molecule has 2 saturated carbocycles. The van der Waals surface area contributed by atoms with Gasteiger partial charge in [0, 0.05) is 25.2 Å². The Labute approximate surface area is 97.8 Å². The predicted octanol–water partition coefficient (Wildman–Crippen LogP) is 0.339. The zero-order chi connectivity index (χ0) is 11.4. The highest BCUT2D eigenvalue weighted by Crippen LogP contribution is 2.25. The highest BCUT2D eigenvalue weighted by atomic mass is 16.1. The van der Waals surface area contributed by atoms with Crippen LogP contribution >= 0.6 is 0 Å². The maximum absolute atomic E-state index is 11.4. The number of hydrogen-bond donors (Lipinski definition) is 2. The lowest BCUT2D eigenvalue weighted by Crippen LogP contribution is -2.40. The molecule has 0 unspecified atom stereocenters. The summed E-state index contributed by atoms with van der Waals surface area (Å²) in [6.07, 6.45) is 5.15. The minimum Gasteiger partial charge on any atom is -0.354 e. The molecule has 0 bridgehead atoms. The molecule has 0 heterocycles. The van der Waals surface area contributed by atoms with Crippen molar-refractivity contribution in [1.29, 1.82) is 0 Å². The third-order valence-corrected chi connectivity index (χ3v) is 3.32. The van der Waals surface area contributed by atoms with Gasteiger partial charge in [-0.2, -0.15) is 0 Å². The molecule has 92 valence electrons. The van der Waals surface area contributed by atoms with Crippen LogP contribution in [0.5, 0.6) is 0 Å². The van der Waals surface area contributed by atoms with Crippen molar-refractivity contribution in [1.82, 2.24) is 15.5 Å². The van der Waals surface area contributed by atoms with Crippen molar-refractivity contribution in [3.8, 4) is 0 Å². The van der Waals surface area contributed by atoms with Crippen LogP contribution in [-0.2, 0) is 4.79 Å². The molecule has 1 amide bonds. The maximum Gasteiger partial charge on any atom is 0.234 e. The molecule has 2 aliphatic carbocycles. The number of carbonyl (C=O) groups excluding carboxylic acids is 1. The van der Waals surface area contributed by atoms with Crippen LogP contribution in [-0.4, -0.2) is 49.1 Å². The van der Waals surface area contributed by atoms with Crippen LogP contribution < -0.4 is 10.6 Å². The summed E-state index contributed by atoms with van der Waals surface area (Å²) >= 11 is 0. The Balaban J connectivity index is 1.50. The molecule has 0 atom stereocenters.